The van der Waals surface area contributed by atoms with E-state index in [9.17, 15) is 9.59 Å². The molecule has 1 atom stereocenters. The van der Waals surface area contributed by atoms with Crippen LogP contribution in [0.3, 0.4) is 0 Å². The zero-order valence-corrected chi connectivity index (χ0v) is 10.2. The van der Waals surface area contributed by atoms with Gasteiger partial charge in [-0.2, -0.15) is 0 Å². The lowest BCUT2D eigenvalue weighted by molar-refractivity contribution is -0.142. The molecule has 17 heavy (non-hydrogen) atoms. The summed E-state index contributed by atoms with van der Waals surface area (Å²) in [6.45, 7) is 0.447. The molecule has 0 heterocycles. The minimum absolute atomic E-state index is 0.00322. The topological polar surface area (TPSA) is 92.4 Å². The Morgan fingerprint density at radius 3 is 2.47 bits per heavy atom. The minimum Gasteiger partial charge on any atom is -0.480 e. The van der Waals surface area contributed by atoms with Gasteiger partial charge in [-0.1, -0.05) is 19.3 Å². The number of carboxylic acid groups (broad SMARTS) is 1. The summed E-state index contributed by atoms with van der Waals surface area (Å²) in [4.78, 5) is 22.8. The molecule has 0 aromatic heterocycles. The van der Waals surface area contributed by atoms with Gasteiger partial charge >= 0.3 is 5.97 Å². The van der Waals surface area contributed by atoms with Crippen LogP contribution in [0.25, 0.3) is 0 Å². The Bertz CT molecular complexity index is 262. The number of nitrogens with one attached hydrogen (secondary N) is 1. The van der Waals surface area contributed by atoms with Crippen LogP contribution in [0.5, 0.6) is 0 Å². The Morgan fingerprint density at radius 2 is 1.94 bits per heavy atom. The van der Waals surface area contributed by atoms with Crippen molar-refractivity contribution in [3.63, 3.8) is 0 Å². The van der Waals surface area contributed by atoms with Crippen molar-refractivity contribution in [2.75, 3.05) is 6.54 Å². The molecule has 0 unspecified atom stereocenters. The predicted molar refractivity (Wildman–Crippen MR) is 64.4 cm³/mol. The van der Waals surface area contributed by atoms with Gasteiger partial charge in [0.2, 0.25) is 5.91 Å². The number of carboxylic acids is 1. The Kier molecular flexibility index (Phi) is 5.97. The predicted octanol–water partition coefficient (Wildman–Crippen LogP) is 0.875. The molecule has 1 fully saturated rings. The Labute approximate surface area is 102 Å². The fourth-order valence-electron chi connectivity index (χ4n) is 2.23. The number of rotatable bonds is 6. The number of amides is 1. The van der Waals surface area contributed by atoms with Crippen LogP contribution in [-0.2, 0) is 9.59 Å². The molecule has 1 saturated carbocycles. The molecule has 1 rings (SSSR count). The molecule has 0 aliphatic heterocycles. The number of carbonyl (C=O) groups excluding carboxylic acids is 1. The molecule has 0 aromatic carbocycles. The molecule has 1 aliphatic rings. The molecule has 5 nitrogen and oxygen atoms in total. The highest BCUT2D eigenvalue weighted by Crippen LogP contribution is 2.23. The van der Waals surface area contributed by atoms with E-state index in [1.54, 1.807) is 0 Å². The number of hydrogen-bond donors (Lipinski definition) is 3. The summed E-state index contributed by atoms with van der Waals surface area (Å²) in [5, 5.41) is 11.6. The molecule has 0 aromatic rings. The molecule has 0 saturated heterocycles. The van der Waals surface area contributed by atoms with Crippen molar-refractivity contribution >= 4 is 11.9 Å². The van der Waals surface area contributed by atoms with Gasteiger partial charge in [-0.3, -0.25) is 4.79 Å². The maximum atomic E-state index is 11.9. The van der Waals surface area contributed by atoms with E-state index in [1.165, 1.54) is 6.42 Å². The molecule has 98 valence electrons. The second kappa shape index (κ2) is 7.27. The first-order valence-corrected chi connectivity index (χ1v) is 6.38. The lowest BCUT2D eigenvalue weighted by Gasteiger charge is -2.23. The van der Waals surface area contributed by atoms with Crippen molar-refractivity contribution < 1.29 is 14.7 Å². The fourth-order valence-corrected chi connectivity index (χ4v) is 2.23. The SMILES string of the molecule is NCCC[C@H](NC(=O)C1CCCCC1)C(=O)O. The zero-order chi connectivity index (χ0) is 12.7. The van der Waals surface area contributed by atoms with Gasteiger partial charge in [-0.05, 0) is 32.2 Å². The second-order valence-corrected chi connectivity index (χ2v) is 4.67. The van der Waals surface area contributed by atoms with Crippen molar-refractivity contribution in [1.29, 1.82) is 0 Å². The van der Waals surface area contributed by atoms with Gasteiger partial charge in [-0.25, -0.2) is 4.79 Å². The largest absolute Gasteiger partial charge is 0.480 e. The molecular weight excluding hydrogens is 220 g/mol. The van der Waals surface area contributed by atoms with Crippen LogP contribution in [-0.4, -0.2) is 29.6 Å². The Hall–Kier alpha value is -1.10. The van der Waals surface area contributed by atoms with Crippen LogP contribution in [0.1, 0.15) is 44.9 Å². The molecule has 0 bridgehead atoms. The van der Waals surface area contributed by atoms with Crippen LogP contribution in [0, 0.1) is 5.92 Å². The van der Waals surface area contributed by atoms with E-state index < -0.39 is 12.0 Å². The molecule has 1 amide bonds. The first-order valence-electron chi connectivity index (χ1n) is 6.38. The molecule has 0 radical (unpaired) electrons. The highest BCUT2D eigenvalue weighted by Gasteiger charge is 2.25. The van der Waals surface area contributed by atoms with Crippen LogP contribution >= 0.6 is 0 Å². The van der Waals surface area contributed by atoms with Crippen molar-refractivity contribution in [3.05, 3.63) is 0 Å². The first-order chi connectivity index (χ1) is 8.15. The second-order valence-electron chi connectivity index (χ2n) is 4.67. The average Bonchev–Trinajstić information content (AvgIpc) is 2.35. The van der Waals surface area contributed by atoms with Crippen molar-refractivity contribution in [2.45, 2.75) is 51.0 Å². The van der Waals surface area contributed by atoms with E-state index in [4.69, 9.17) is 10.8 Å². The van der Waals surface area contributed by atoms with Gasteiger partial charge in [0.25, 0.3) is 0 Å². The molecule has 0 spiro atoms. The van der Waals surface area contributed by atoms with Gasteiger partial charge < -0.3 is 16.2 Å². The average molecular weight is 242 g/mol. The van der Waals surface area contributed by atoms with Crippen molar-refractivity contribution in [3.8, 4) is 0 Å². The van der Waals surface area contributed by atoms with E-state index in [0.717, 1.165) is 25.7 Å². The lowest BCUT2D eigenvalue weighted by atomic mass is 9.88. The third kappa shape index (κ3) is 4.73. The maximum absolute atomic E-state index is 11.9. The van der Waals surface area contributed by atoms with E-state index in [1.807, 2.05) is 0 Å². The molecule has 4 N–H and O–H groups in total. The van der Waals surface area contributed by atoms with E-state index in [0.29, 0.717) is 19.4 Å². The third-order valence-corrected chi connectivity index (χ3v) is 3.29. The lowest BCUT2D eigenvalue weighted by Crippen LogP contribution is -2.44. The van der Waals surface area contributed by atoms with Gasteiger partial charge in [-0.15, -0.1) is 0 Å². The summed E-state index contributed by atoms with van der Waals surface area (Å²) < 4.78 is 0. The third-order valence-electron chi connectivity index (χ3n) is 3.29. The van der Waals surface area contributed by atoms with Crippen LogP contribution in [0.2, 0.25) is 0 Å². The quantitative estimate of drug-likeness (QED) is 0.644. The number of nitrogens with two attached hydrogens (primary N) is 1. The van der Waals surface area contributed by atoms with Crippen molar-refractivity contribution in [2.24, 2.45) is 11.7 Å². The standard InChI is InChI=1S/C12H22N2O3/c13-8-4-7-10(12(16)17)14-11(15)9-5-2-1-3-6-9/h9-10H,1-8,13H2,(H,14,15)(H,16,17)/t10-/m0/s1. The maximum Gasteiger partial charge on any atom is 0.326 e. The smallest absolute Gasteiger partial charge is 0.326 e. The Balaban J connectivity index is 2.42. The van der Waals surface area contributed by atoms with Crippen LogP contribution in [0.4, 0.5) is 0 Å². The normalized spacial score (nSPS) is 18.6. The van der Waals surface area contributed by atoms with E-state index in [-0.39, 0.29) is 11.8 Å². The summed E-state index contributed by atoms with van der Waals surface area (Å²) in [6, 6.07) is -0.784. The van der Waals surface area contributed by atoms with E-state index in [2.05, 4.69) is 5.32 Å². The van der Waals surface area contributed by atoms with Gasteiger partial charge in [0, 0.05) is 5.92 Å². The summed E-state index contributed by atoms with van der Waals surface area (Å²) in [6.07, 6.45) is 6.10. The summed E-state index contributed by atoms with van der Waals surface area (Å²) >= 11 is 0. The highest BCUT2D eigenvalue weighted by atomic mass is 16.4. The first kappa shape index (κ1) is 14.0. The molecular formula is C12H22N2O3. The Morgan fingerprint density at radius 1 is 1.29 bits per heavy atom. The van der Waals surface area contributed by atoms with Crippen molar-refractivity contribution in [1.82, 2.24) is 5.32 Å². The fraction of sp³-hybridized carbons (Fsp3) is 0.833. The number of hydrogen-bond acceptors (Lipinski definition) is 3. The monoisotopic (exact) mass is 242 g/mol. The summed E-state index contributed by atoms with van der Waals surface area (Å²) in [5.74, 6) is -1.07. The summed E-state index contributed by atoms with van der Waals surface area (Å²) in [7, 11) is 0. The number of aliphatic carboxylic acids is 1. The van der Waals surface area contributed by atoms with Crippen LogP contribution < -0.4 is 11.1 Å². The molecule has 5 heteroatoms. The summed E-state index contributed by atoms with van der Waals surface area (Å²) in [5.41, 5.74) is 5.34. The van der Waals surface area contributed by atoms with Gasteiger partial charge in [0.15, 0.2) is 0 Å². The van der Waals surface area contributed by atoms with E-state index >= 15 is 0 Å². The highest BCUT2D eigenvalue weighted by molar-refractivity contribution is 5.84. The minimum atomic E-state index is -0.970. The van der Waals surface area contributed by atoms with Crippen LogP contribution in [0.15, 0.2) is 0 Å². The van der Waals surface area contributed by atoms with Gasteiger partial charge in [0.1, 0.15) is 6.04 Å². The molecule has 1 aliphatic carbocycles. The number of carbonyl (C=O) groups is 2. The zero-order valence-electron chi connectivity index (χ0n) is 10.2. The van der Waals surface area contributed by atoms with Gasteiger partial charge in [0.05, 0.1) is 0 Å².